The highest BCUT2D eigenvalue weighted by atomic mass is 16.3. The molecular weight excluding hydrogens is 444 g/mol. The maximum absolute atomic E-state index is 13.4. The smallest absolute Gasteiger partial charge is 0.272 e. The third kappa shape index (κ3) is 4.90. The monoisotopic (exact) mass is 470 g/mol. The van der Waals surface area contributed by atoms with Gasteiger partial charge in [-0.2, -0.15) is 0 Å². The molecule has 0 bridgehead atoms. The lowest BCUT2D eigenvalue weighted by molar-refractivity contribution is 0.0934. The third-order valence-corrected chi connectivity index (χ3v) is 6.42. The summed E-state index contributed by atoms with van der Waals surface area (Å²) in [4.78, 5) is 30.5. The second-order valence-corrected chi connectivity index (χ2v) is 8.74. The van der Waals surface area contributed by atoms with Crippen LogP contribution in [0.5, 0.6) is 0 Å². The van der Waals surface area contributed by atoms with Crippen LogP contribution < -0.4 is 10.6 Å². The fraction of sp³-hybridized carbons (Fsp3) is 0.269. The molecule has 2 aromatic heterocycles. The molecule has 0 atom stereocenters. The minimum Gasteiger partial charge on any atom is -0.390 e. The van der Waals surface area contributed by atoms with E-state index in [0.717, 1.165) is 29.2 Å². The number of carbonyl (C=O) groups is 2. The van der Waals surface area contributed by atoms with Crippen molar-refractivity contribution in [3.05, 3.63) is 83.4 Å². The molecule has 0 aliphatic heterocycles. The number of hydrogen-bond donors (Lipinski definition) is 3. The molecule has 9 nitrogen and oxygen atoms in total. The van der Waals surface area contributed by atoms with Crippen LogP contribution in [-0.4, -0.2) is 43.4 Å². The van der Waals surface area contributed by atoms with Crippen LogP contribution in [0.1, 0.15) is 51.4 Å². The Morgan fingerprint density at radius 2 is 1.86 bits per heavy atom. The van der Waals surface area contributed by atoms with Gasteiger partial charge in [-0.25, -0.2) is 9.67 Å². The lowest BCUT2D eigenvalue weighted by atomic mass is 9.85. The number of anilines is 1. The van der Waals surface area contributed by atoms with Crippen LogP contribution >= 0.6 is 0 Å². The van der Waals surface area contributed by atoms with Crippen molar-refractivity contribution in [3.63, 3.8) is 0 Å². The van der Waals surface area contributed by atoms with Crippen molar-refractivity contribution < 1.29 is 14.7 Å². The number of pyridine rings is 1. The van der Waals surface area contributed by atoms with Crippen molar-refractivity contribution in [3.8, 4) is 0 Å². The van der Waals surface area contributed by atoms with Crippen LogP contribution in [0.15, 0.2) is 60.9 Å². The molecule has 0 radical (unpaired) electrons. The van der Waals surface area contributed by atoms with Crippen molar-refractivity contribution in [2.75, 3.05) is 11.9 Å². The van der Waals surface area contributed by atoms with E-state index in [-0.39, 0.29) is 24.1 Å². The van der Waals surface area contributed by atoms with Gasteiger partial charge in [-0.3, -0.25) is 9.59 Å². The van der Waals surface area contributed by atoms with Crippen molar-refractivity contribution in [1.29, 1.82) is 0 Å². The van der Waals surface area contributed by atoms with E-state index in [4.69, 9.17) is 0 Å². The summed E-state index contributed by atoms with van der Waals surface area (Å²) < 4.78 is 1.73. The molecule has 178 valence electrons. The summed E-state index contributed by atoms with van der Waals surface area (Å²) in [5, 5.41) is 24.9. The first-order valence-electron chi connectivity index (χ1n) is 11.7. The minimum absolute atomic E-state index is 0.0938. The van der Waals surface area contributed by atoms with Crippen LogP contribution in [0.2, 0.25) is 0 Å². The molecular formula is C26H26N6O3. The van der Waals surface area contributed by atoms with E-state index < -0.39 is 0 Å². The van der Waals surface area contributed by atoms with Crippen LogP contribution in [-0.2, 0) is 13.2 Å². The largest absolute Gasteiger partial charge is 0.390 e. The quantitative estimate of drug-likeness (QED) is 0.364. The fourth-order valence-corrected chi connectivity index (χ4v) is 4.26. The Morgan fingerprint density at radius 1 is 1.03 bits per heavy atom. The molecule has 2 amide bonds. The average molecular weight is 471 g/mol. The zero-order chi connectivity index (χ0) is 24.2. The molecule has 3 N–H and O–H groups in total. The van der Waals surface area contributed by atoms with E-state index in [1.807, 2.05) is 30.3 Å². The van der Waals surface area contributed by atoms with Gasteiger partial charge in [0.15, 0.2) is 5.69 Å². The Bertz CT molecular complexity index is 1370. The number of hydrogen-bond acceptors (Lipinski definition) is 6. The molecule has 35 heavy (non-hydrogen) atoms. The van der Waals surface area contributed by atoms with Crippen LogP contribution in [0, 0.1) is 5.92 Å². The predicted octanol–water partition coefficient (Wildman–Crippen LogP) is 3.15. The highest BCUT2D eigenvalue weighted by Crippen LogP contribution is 2.27. The highest BCUT2D eigenvalue weighted by Gasteiger charge is 2.22. The number of aromatic nitrogens is 4. The Labute approximate surface area is 202 Å². The number of aliphatic hydroxyl groups is 1. The maximum Gasteiger partial charge on any atom is 0.272 e. The number of nitrogens with zero attached hydrogens (tertiary/aromatic N) is 4. The van der Waals surface area contributed by atoms with Gasteiger partial charge in [0.05, 0.1) is 30.7 Å². The van der Waals surface area contributed by atoms with Gasteiger partial charge in [-0.15, -0.1) is 5.10 Å². The molecule has 1 aliphatic carbocycles. The summed E-state index contributed by atoms with van der Waals surface area (Å²) in [5.74, 6) is -0.226. The van der Waals surface area contributed by atoms with E-state index >= 15 is 0 Å². The summed E-state index contributed by atoms with van der Waals surface area (Å²) in [6.07, 6.45) is 6.81. The number of fused-ring (bicyclic) bond motifs is 1. The third-order valence-electron chi connectivity index (χ3n) is 6.42. The minimum atomic E-state index is -0.365. The van der Waals surface area contributed by atoms with Crippen LogP contribution in [0.4, 0.5) is 5.69 Å². The van der Waals surface area contributed by atoms with Gasteiger partial charge in [-0.1, -0.05) is 42.0 Å². The first kappa shape index (κ1) is 22.7. The molecule has 2 aromatic carbocycles. The number of rotatable bonds is 8. The van der Waals surface area contributed by atoms with E-state index in [1.165, 1.54) is 6.42 Å². The van der Waals surface area contributed by atoms with Gasteiger partial charge in [0.2, 0.25) is 0 Å². The standard InChI is InChI=1S/C26H26N6O3/c33-16-19-9-11-23(24(29-19)26(35)27-14-17-4-3-5-17)30-25(34)22-10-8-18(15-32-13-12-28-31-32)20-6-1-2-7-21(20)22/h1-2,6-13,17,33H,3-5,14-16H2,(H,27,35)(H,30,34). The zero-order valence-electron chi connectivity index (χ0n) is 19.1. The lowest BCUT2D eigenvalue weighted by Gasteiger charge is -2.25. The van der Waals surface area contributed by atoms with Gasteiger partial charge >= 0.3 is 0 Å². The molecule has 9 heteroatoms. The Morgan fingerprint density at radius 3 is 2.57 bits per heavy atom. The fourth-order valence-electron chi connectivity index (χ4n) is 4.26. The molecule has 5 rings (SSSR count). The zero-order valence-corrected chi connectivity index (χ0v) is 19.1. The summed E-state index contributed by atoms with van der Waals surface area (Å²) >= 11 is 0. The van der Waals surface area contributed by atoms with Crippen molar-refractivity contribution >= 4 is 28.3 Å². The first-order valence-corrected chi connectivity index (χ1v) is 11.7. The molecule has 1 saturated carbocycles. The van der Waals surface area contributed by atoms with E-state index in [0.29, 0.717) is 36.0 Å². The lowest BCUT2D eigenvalue weighted by Crippen LogP contribution is -2.33. The number of benzene rings is 2. The SMILES string of the molecule is O=C(NCC1CCC1)c1nc(CO)ccc1NC(=O)c1ccc(Cn2ccnn2)c2ccccc12. The molecule has 1 aliphatic rings. The molecule has 0 saturated heterocycles. The maximum atomic E-state index is 13.4. The normalized spacial score (nSPS) is 13.4. The number of amides is 2. The van der Waals surface area contributed by atoms with E-state index in [1.54, 1.807) is 35.3 Å². The summed E-state index contributed by atoms with van der Waals surface area (Å²) in [6.45, 7) is 0.810. The molecule has 4 aromatic rings. The van der Waals surface area contributed by atoms with Gasteiger partial charge < -0.3 is 15.7 Å². The summed E-state index contributed by atoms with van der Waals surface area (Å²) in [7, 11) is 0. The Kier molecular flexibility index (Phi) is 6.49. The van der Waals surface area contributed by atoms with Gasteiger partial charge in [-0.05, 0) is 53.3 Å². The van der Waals surface area contributed by atoms with E-state index in [2.05, 4.69) is 25.9 Å². The predicted molar refractivity (Wildman–Crippen MR) is 131 cm³/mol. The van der Waals surface area contributed by atoms with Gasteiger partial charge in [0.1, 0.15) is 0 Å². The van der Waals surface area contributed by atoms with Crippen molar-refractivity contribution in [1.82, 2.24) is 25.3 Å². The van der Waals surface area contributed by atoms with Gasteiger partial charge in [0, 0.05) is 18.3 Å². The van der Waals surface area contributed by atoms with Crippen molar-refractivity contribution in [2.24, 2.45) is 5.92 Å². The summed E-state index contributed by atoms with van der Waals surface area (Å²) in [5.41, 5.74) is 2.24. The van der Waals surface area contributed by atoms with Gasteiger partial charge in [0.25, 0.3) is 11.8 Å². The second-order valence-electron chi connectivity index (χ2n) is 8.74. The highest BCUT2D eigenvalue weighted by molar-refractivity contribution is 6.15. The van der Waals surface area contributed by atoms with Crippen molar-refractivity contribution in [2.45, 2.75) is 32.4 Å². The van der Waals surface area contributed by atoms with Crippen LogP contribution in [0.25, 0.3) is 10.8 Å². The molecule has 0 unspecified atom stereocenters. The number of carbonyl (C=O) groups excluding carboxylic acids is 2. The molecule has 0 spiro atoms. The second kappa shape index (κ2) is 10.0. The van der Waals surface area contributed by atoms with E-state index in [9.17, 15) is 14.7 Å². The topological polar surface area (TPSA) is 122 Å². The summed E-state index contributed by atoms with van der Waals surface area (Å²) in [6, 6.07) is 14.6. The number of nitrogens with one attached hydrogen (secondary N) is 2. The number of aliphatic hydroxyl groups excluding tert-OH is 1. The Balaban J connectivity index is 1.42. The molecule has 1 fully saturated rings. The first-order chi connectivity index (χ1) is 17.1. The Hall–Kier alpha value is -4.11. The molecule has 2 heterocycles. The van der Waals surface area contributed by atoms with Crippen LogP contribution in [0.3, 0.4) is 0 Å². The average Bonchev–Trinajstić information content (AvgIpc) is 3.36.